The van der Waals surface area contributed by atoms with Crippen molar-refractivity contribution < 1.29 is 29.1 Å². The van der Waals surface area contributed by atoms with E-state index in [0.29, 0.717) is 49.2 Å². The van der Waals surface area contributed by atoms with E-state index in [1.165, 1.54) is 0 Å². The number of anilines is 4. The zero-order chi connectivity index (χ0) is 37.9. The van der Waals surface area contributed by atoms with Gasteiger partial charge in [0.1, 0.15) is 0 Å². The number of aliphatic hydroxyl groups excluding tert-OH is 1. The zero-order valence-corrected chi connectivity index (χ0v) is 30.3. The van der Waals surface area contributed by atoms with E-state index in [0.717, 1.165) is 61.5 Å². The minimum atomic E-state index is -0.618. The Balaban J connectivity index is 0.996. The number of amides is 2. The van der Waals surface area contributed by atoms with E-state index in [2.05, 4.69) is 20.4 Å². The molecule has 5 N–H and O–H groups in total. The first-order valence-corrected chi connectivity index (χ1v) is 18.5. The Kier molecular flexibility index (Phi) is 13.2. The molecule has 3 atom stereocenters. The number of carbonyl (C=O) groups excluding carboxylic acids is 2. The topological polar surface area (TPSA) is 173 Å². The van der Waals surface area contributed by atoms with Gasteiger partial charge in [-0.2, -0.15) is 0 Å². The van der Waals surface area contributed by atoms with Crippen LogP contribution in [0.4, 0.5) is 28.4 Å². The molecule has 0 aliphatic carbocycles. The molecule has 0 unspecified atom stereocenters. The van der Waals surface area contributed by atoms with E-state index in [1.807, 2.05) is 60.7 Å². The molecule has 0 aromatic heterocycles. The molecule has 4 aromatic rings. The first-order chi connectivity index (χ1) is 26.2. The van der Waals surface area contributed by atoms with Crippen LogP contribution in [0, 0.1) is 10.1 Å². The van der Waals surface area contributed by atoms with E-state index in [4.69, 9.17) is 15.2 Å². The fourth-order valence-electron chi connectivity index (χ4n) is 6.81. The number of non-ortho nitro benzene ring substituents is 1. The van der Waals surface area contributed by atoms with Crippen molar-refractivity contribution in [1.82, 2.24) is 4.90 Å². The highest BCUT2D eigenvalue weighted by Crippen LogP contribution is 2.38. The van der Waals surface area contributed by atoms with Gasteiger partial charge in [0.2, 0.25) is 11.8 Å². The molecular formula is C41H48N6O7. The number of nitro groups is 1. The molecule has 2 aliphatic heterocycles. The maximum atomic E-state index is 12.7. The predicted octanol–water partition coefficient (Wildman–Crippen LogP) is 6.56. The highest BCUT2D eigenvalue weighted by atomic mass is 16.7. The SMILES string of the molecule is Nc1ccccc1NC(=O)CCCCCC(=O)Nc1ccc([C@@H]2O[C@H](CN3CCN(c4ccc([N+](=O)[O-])cc4)CC3)C[C@H](c3ccc(CO)cc3)O2)cc1. The number of nitrogens with zero attached hydrogens (tertiary/aromatic N) is 3. The van der Waals surface area contributed by atoms with Crippen LogP contribution in [0.5, 0.6) is 0 Å². The molecule has 2 aliphatic rings. The number of hydrogen-bond acceptors (Lipinski definition) is 10. The van der Waals surface area contributed by atoms with Gasteiger partial charge in [0.25, 0.3) is 5.69 Å². The number of nitrogens with two attached hydrogens (primary N) is 1. The lowest BCUT2D eigenvalue weighted by Crippen LogP contribution is -2.49. The molecule has 4 aromatic carbocycles. The average molecular weight is 737 g/mol. The molecule has 6 rings (SSSR count). The number of rotatable bonds is 15. The number of nitrogens with one attached hydrogen (secondary N) is 2. The monoisotopic (exact) mass is 736 g/mol. The summed E-state index contributed by atoms with van der Waals surface area (Å²) in [5.74, 6) is -0.185. The molecule has 0 saturated carbocycles. The summed E-state index contributed by atoms with van der Waals surface area (Å²) in [5, 5.41) is 26.4. The van der Waals surface area contributed by atoms with Gasteiger partial charge in [0, 0.05) is 81.1 Å². The lowest BCUT2D eigenvalue weighted by Gasteiger charge is -2.41. The second-order valence-corrected chi connectivity index (χ2v) is 13.8. The molecule has 2 amide bonds. The van der Waals surface area contributed by atoms with Gasteiger partial charge in [0.05, 0.1) is 35.1 Å². The minimum Gasteiger partial charge on any atom is -0.397 e. The van der Waals surface area contributed by atoms with Crippen LogP contribution in [0.2, 0.25) is 0 Å². The molecule has 0 radical (unpaired) electrons. The van der Waals surface area contributed by atoms with Crippen LogP contribution in [0.1, 0.15) is 67.6 Å². The number of hydrogen-bond donors (Lipinski definition) is 4. The summed E-state index contributed by atoms with van der Waals surface area (Å²) in [5.41, 5.74) is 11.5. The second-order valence-electron chi connectivity index (χ2n) is 13.8. The lowest BCUT2D eigenvalue weighted by atomic mass is 9.99. The molecule has 284 valence electrons. The van der Waals surface area contributed by atoms with E-state index < -0.39 is 6.29 Å². The van der Waals surface area contributed by atoms with Gasteiger partial charge in [-0.15, -0.1) is 0 Å². The Bertz CT molecular complexity index is 1850. The van der Waals surface area contributed by atoms with Gasteiger partial charge in [0.15, 0.2) is 6.29 Å². The van der Waals surface area contributed by atoms with E-state index in [1.54, 1.807) is 36.4 Å². The van der Waals surface area contributed by atoms with Crippen LogP contribution >= 0.6 is 0 Å². The van der Waals surface area contributed by atoms with E-state index in [-0.39, 0.29) is 41.2 Å². The molecule has 0 spiro atoms. The third-order valence-corrected chi connectivity index (χ3v) is 9.88. The van der Waals surface area contributed by atoms with Crippen LogP contribution < -0.4 is 21.3 Å². The summed E-state index contributed by atoms with van der Waals surface area (Å²) in [4.78, 5) is 40.2. The Labute approximate surface area is 315 Å². The first-order valence-electron chi connectivity index (χ1n) is 18.5. The Hall–Kier alpha value is -5.34. The van der Waals surface area contributed by atoms with Gasteiger partial charge in [-0.1, -0.05) is 55.0 Å². The summed E-state index contributed by atoms with van der Waals surface area (Å²) in [6.45, 7) is 3.94. The third kappa shape index (κ3) is 10.6. The molecule has 13 heteroatoms. The quantitative estimate of drug-likeness (QED) is 0.0453. The number of carbonyl (C=O) groups is 2. The van der Waals surface area contributed by atoms with Crippen molar-refractivity contribution in [3.8, 4) is 0 Å². The fraction of sp³-hybridized carbons (Fsp3) is 0.366. The van der Waals surface area contributed by atoms with Gasteiger partial charge in [-0.3, -0.25) is 24.6 Å². The minimum absolute atomic E-state index is 0.0287. The van der Waals surface area contributed by atoms with Gasteiger partial charge in [-0.05, 0) is 60.4 Å². The predicted molar refractivity (Wildman–Crippen MR) is 208 cm³/mol. The maximum absolute atomic E-state index is 12.7. The number of benzene rings is 4. The molecule has 54 heavy (non-hydrogen) atoms. The summed E-state index contributed by atoms with van der Waals surface area (Å²) in [7, 11) is 0. The number of nitro benzene ring substituents is 1. The van der Waals surface area contributed by atoms with E-state index in [9.17, 15) is 24.8 Å². The summed E-state index contributed by atoms with van der Waals surface area (Å²) in [6, 6.07) is 29.2. The standard InChI is InChI=1S/C41H48N6O7/c42-36-6-4-5-7-37(36)44-40(50)9-3-1-2-8-39(49)43-32-16-14-31(15-17-32)41-53-35(26-38(54-41)30-12-10-29(28-48)11-13-30)27-45-22-24-46(25-23-45)33-18-20-34(21-19-33)47(51)52/h4-7,10-21,35,38,41,48H,1-3,8-9,22-28,42H2,(H,43,49)(H,44,50)/t35-,38+,41+/m0/s1. The molecule has 2 fully saturated rings. The van der Waals surface area contributed by atoms with Crippen molar-refractivity contribution in [2.24, 2.45) is 0 Å². The molecule has 0 bridgehead atoms. The lowest BCUT2D eigenvalue weighted by molar-refractivity contribution is -0.384. The summed E-state index contributed by atoms with van der Waals surface area (Å²) < 4.78 is 13.1. The number of aliphatic hydroxyl groups is 1. The zero-order valence-electron chi connectivity index (χ0n) is 30.3. The van der Waals surface area contributed by atoms with Crippen molar-refractivity contribution in [3.63, 3.8) is 0 Å². The Morgan fingerprint density at radius 2 is 1.44 bits per heavy atom. The van der Waals surface area contributed by atoms with E-state index >= 15 is 0 Å². The van der Waals surface area contributed by atoms with Gasteiger partial charge >= 0.3 is 0 Å². The highest BCUT2D eigenvalue weighted by molar-refractivity contribution is 5.93. The number of para-hydroxylation sites is 2. The number of unbranched alkanes of at least 4 members (excludes halogenated alkanes) is 2. The Morgan fingerprint density at radius 3 is 2.09 bits per heavy atom. The van der Waals surface area contributed by atoms with Crippen molar-refractivity contribution in [1.29, 1.82) is 0 Å². The van der Waals surface area contributed by atoms with Crippen LogP contribution in [-0.4, -0.2) is 65.6 Å². The Morgan fingerprint density at radius 1 is 0.796 bits per heavy atom. The largest absolute Gasteiger partial charge is 0.397 e. The number of nitrogen functional groups attached to an aromatic ring is 1. The molecular weight excluding hydrogens is 688 g/mol. The normalized spacial score (nSPS) is 18.9. The van der Waals surface area contributed by atoms with Crippen LogP contribution in [0.25, 0.3) is 0 Å². The molecule has 13 nitrogen and oxygen atoms in total. The van der Waals surface area contributed by atoms with Crippen molar-refractivity contribution in [2.75, 3.05) is 54.0 Å². The third-order valence-electron chi connectivity index (χ3n) is 9.88. The first kappa shape index (κ1) is 38.4. The fourth-order valence-corrected chi connectivity index (χ4v) is 6.81. The summed E-state index contributed by atoms with van der Waals surface area (Å²) >= 11 is 0. The number of ether oxygens (including phenoxy) is 2. The van der Waals surface area contributed by atoms with Crippen molar-refractivity contribution >= 4 is 40.3 Å². The van der Waals surface area contributed by atoms with Crippen LogP contribution in [-0.2, 0) is 25.7 Å². The van der Waals surface area contributed by atoms with Crippen molar-refractivity contribution in [2.45, 2.75) is 63.6 Å². The van der Waals surface area contributed by atoms with Crippen LogP contribution in [0.3, 0.4) is 0 Å². The van der Waals surface area contributed by atoms with Crippen molar-refractivity contribution in [3.05, 3.63) is 124 Å². The van der Waals surface area contributed by atoms with Gasteiger partial charge < -0.3 is 35.8 Å². The summed E-state index contributed by atoms with van der Waals surface area (Å²) in [6.07, 6.45) is 2.52. The average Bonchev–Trinajstić information content (AvgIpc) is 3.19. The van der Waals surface area contributed by atoms with Gasteiger partial charge in [-0.25, -0.2) is 0 Å². The molecule has 2 heterocycles. The highest BCUT2D eigenvalue weighted by Gasteiger charge is 2.34. The second kappa shape index (κ2) is 18.6. The van der Waals surface area contributed by atoms with Crippen LogP contribution in [0.15, 0.2) is 97.1 Å². The maximum Gasteiger partial charge on any atom is 0.269 e. The molecule has 2 saturated heterocycles. The smallest absolute Gasteiger partial charge is 0.269 e. The number of piperazine rings is 1.